The fourth-order valence-electron chi connectivity index (χ4n) is 9.07. The van der Waals surface area contributed by atoms with Crippen LogP contribution in [0, 0.1) is 0 Å². The summed E-state index contributed by atoms with van der Waals surface area (Å²) < 4.78 is 6.39. The largest absolute Gasteiger partial charge is 0.456 e. The van der Waals surface area contributed by atoms with Crippen LogP contribution in [0.15, 0.2) is 229 Å². The van der Waals surface area contributed by atoms with Crippen molar-refractivity contribution >= 4 is 43.3 Å². The van der Waals surface area contributed by atoms with Crippen LogP contribution >= 0.6 is 0 Å². The molecule has 0 radical (unpaired) electrons. The summed E-state index contributed by atoms with van der Waals surface area (Å²) in [7, 11) is 0. The fraction of sp³-hybridized carbons (Fsp3) is 0. The molecule has 4 heteroatoms. The molecule has 0 saturated carbocycles. The lowest BCUT2D eigenvalue weighted by molar-refractivity contribution is 0.631. The minimum atomic E-state index is 0.572. The van der Waals surface area contributed by atoms with E-state index in [9.17, 15) is 0 Å². The first-order chi connectivity index (χ1) is 31.2. The summed E-state index contributed by atoms with van der Waals surface area (Å²) in [6.45, 7) is 0. The Labute approximate surface area is 364 Å². The minimum Gasteiger partial charge on any atom is -0.456 e. The van der Waals surface area contributed by atoms with E-state index in [2.05, 4.69) is 182 Å². The Balaban J connectivity index is 0.950. The van der Waals surface area contributed by atoms with Gasteiger partial charge in [-0.3, -0.25) is 0 Å². The van der Waals surface area contributed by atoms with Gasteiger partial charge in [-0.1, -0.05) is 206 Å². The number of benzene rings is 10. The van der Waals surface area contributed by atoms with Gasteiger partial charge in [-0.15, -0.1) is 0 Å². The van der Waals surface area contributed by atoms with E-state index in [0.717, 1.165) is 61.2 Å². The van der Waals surface area contributed by atoms with Crippen LogP contribution in [0.2, 0.25) is 0 Å². The second-order valence-electron chi connectivity index (χ2n) is 15.9. The first kappa shape index (κ1) is 36.4. The normalized spacial score (nSPS) is 11.5. The highest BCUT2D eigenvalue weighted by Crippen LogP contribution is 2.41. The predicted octanol–water partition coefficient (Wildman–Crippen LogP) is 15.7. The van der Waals surface area contributed by atoms with Gasteiger partial charge >= 0.3 is 0 Å². The molecule has 0 aliphatic rings. The second kappa shape index (κ2) is 15.2. The van der Waals surface area contributed by atoms with Gasteiger partial charge in [0.25, 0.3) is 0 Å². The van der Waals surface area contributed by atoms with Crippen LogP contribution in [0.3, 0.4) is 0 Å². The van der Waals surface area contributed by atoms with Crippen molar-refractivity contribution in [2.45, 2.75) is 0 Å². The SMILES string of the molecule is c1ccc(-c2ccccc2-c2nc(-c3ccc(-c4ccc(-c5c6ccccc6cc6c5ccc5ccccc56)cc4)cc3)nc(-c3ccccc3-c3cc4ccccc4o3)n2)cc1. The number of para-hydroxylation sites is 1. The van der Waals surface area contributed by atoms with Crippen molar-refractivity contribution in [3.63, 3.8) is 0 Å². The van der Waals surface area contributed by atoms with Gasteiger partial charge in [0.05, 0.1) is 0 Å². The first-order valence-corrected chi connectivity index (χ1v) is 21.3. The van der Waals surface area contributed by atoms with Gasteiger partial charge in [0.1, 0.15) is 11.3 Å². The van der Waals surface area contributed by atoms with Crippen molar-refractivity contribution in [3.8, 4) is 78.9 Å². The molecule has 0 atom stereocenters. The zero-order chi connectivity index (χ0) is 41.7. The molecular formula is C59H37N3O. The molecule has 0 N–H and O–H groups in total. The molecule has 10 aromatic carbocycles. The number of furan rings is 1. The van der Waals surface area contributed by atoms with E-state index < -0.39 is 0 Å². The van der Waals surface area contributed by atoms with Crippen LogP contribution in [-0.4, -0.2) is 15.0 Å². The van der Waals surface area contributed by atoms with Gasteiger partial charge in [-0.05, 0) is 83.9 Å². The van der Waals surface area contributed by atoms with Crippen molar-refractivity contribution in [1.82, 2.24) is 15.0 Å². The second-order valence-corrected chi connectivity index (χ2v) is 15.9. The number of hydrogen-bond donors (Lipinski definition) is 0. The van der Waals surface area contributed by atoms with Crippen LogP contribution in [-0.2, 0) is 0 Å². The van der Waals surface area contributed by atoms with E-state index in [0.29, 0.717) is 17.5 Å². The standard InChI is InChI=1S/C59H37N3O/c1-2-14-40(15-3-1)46-19-9-11-23-51(46)58-60-57(61-59(62-58)52-24-12-10-22-49(52)55-37-45-18-6-13-25-54(45)63-55)43-32-28-39(29-33-43)38-26-30-42(31-27-38)56-48-21-8-5-17-44(48)36-53-47-20-7-4-16-41(47)34-35-50(53)56/h1-37H. The average Bonchev–Trinajstić information content (AvgIpc) is 3.80. The van der Waals surface area contributed by atoms with Crippen molar-refractivity contribution in [3.05, 3.63) is 224 Å². The summed E-state index contributed by atoms with van der Waals surface area (Å²) in [5, 5.41) is 8.58. The van der Waals surface area contributed by atoms with Crippen LogP contribution < -0.4 is 0 Å². The maximum atomic E-state index is 6.39. The third kappa shape index (κ3) is 6.53. The molecule has 4 nitrogen and oxygen atoms in total. The van der Waals surface area contributed by atoms with Crippen LogP contribution in [0.4, 0.5) is 0 Å². The van der Waals surface area contributed by atoms with Crippen molar-refractivity contribution in [1.29, 1.82) is 0 Å². The lowest BCUT2D eigenvalue weighted by Gasteiger charge is -2.15. The van der Waals surface area contributed by atoms with Gasteiger partial charge < -0.3 is 4.42 Å². The Morgan fingerprint density at radius 1 is 0.270 bits per heavy atom. The molecule has 0 spiro atoms. The number of aromatic nitrogens is 3. The fourth-order valence-corrected chi connectivity index (χ4v) is 9.07. The Kier molecular flexibility index (Phi) is 8.79. The Bertz CT molecular complexity index is 3630. The van der Waals surface area contributed by atoms with Gasteiger partial charge in [0.2, 0.25) is 0 Å². The van der Waals surface area contributed by atoms with Crippen LogP contribution in [0.25, 0.3) is 122 Å². The molecule has 0 saturated heterocycles. The van der Waals surface area contributed by atoms with E-state index in [1.165, 1.54) is 43.4 Å². The molecule has 12 aromatic rings. The lowest BCUT2D eigenvalue weighted by Crippen LogP contribution is -2.02. The van der Waals surface area contributed by atoms with E-state index in [-0.39, 0.29) is 0 Å². The average molecular weight is 804 g/mol. The summed E-state index contributed by atoms with van der Waals surface area (Å²) in [5.74, 6) is 2.53. The molecule has 0 bridgehead atoms. The monoisotopic (exact) mass is 803 g/mol. The van der Waals surface area contributed by atoms with Gasteiger partial charge in [0, 0.05) is 27.6 Å². The van der Waals surface area contributed by atoms with Crippen molar-refractivity contribution < 1.29 is 4.42 Å². The van der Waals surface area contributed by atoms with Crippen LogP contribution in [0.5, 0.6) is 0 Å². The summed E-state index contributed by atoms with van der Waals surface area (Å²) in [4.78, 5) is 15.6. The lowest BCUT2D eigenvalue weighted by atomic mass is 9.89. The van der Waals surface area contributed by atoms with E-state index in [4.69, 9.17) is 19.4 Å². The third-order valence-electron chi connectivity index (χ3n) is 12.2. The molecule has 294 valence electrons. The minimum absolute atomic E-state index is 0.572. The maximum Gasteiger partial charge on any atom is 0.164 e. The third-order valence-corrected chi connectivity index (χ3v) is 12.2. The highest BCUT2D eigenvalue weighted by Gasteiger charge is 2.20. The highest BCUT2D eigenvalue weighted by atomic mass is 16.3. The summed E-state index contributed by atoms with van der Waals surface area (Å²) >= 11 is 0. The van der Waals surface area contributed by atoms with E-state index in [1.807, 2.05) is 42.5 Å². The molecule has 0 aliphatic heterocycles. The molecule has 63 heavy (non-hydrogen) atoms. The first-order valence-electron chi connectivity index (χ1n) is 21.3. The zero-order valence-electron chi connectivity index (χ0n) is 34.1. The molecule has 0 amide bonds. The molecule has 0 fully saturated rings. The highest BCUT2D eigenvalue weighted by molar-refractivity contribution is 6.20. The van der Waals surface area contributed by atoms with Gasteiger partial charge in [0.15, 0.2) is 17.5 Å². The molecule has 0 aliphatic carbocycles. The molecule has 0 unspecified atom stereocenters. The van der Waals surface area contributed by atoms with Gasteiger partial charge in [-0.2, -0.15) is 0 Å². The smallest absolute Gasteiger partial charge is 0.164 e. The topological polar surface area (TPSA) is 51.8 Å². The Hall–Kier alpha value is -8.47. The van der Waals surface area contributed by atoms with Crippen molar-refractivity contribution in [2.75, 3.05) is 0 Å². The van der Waals surface area contributed by atoms with Crippen molar-refractivity contribution in [2.24, 2.45) is 0 Å². The Morgan fingerprint density at radius 2 is 0.794 bits per heavy atom. The summed E-state index contributed by atoms with van der Waals surface area (Å²) in [6, 6.07) is 78.8. The zero-order valence-corrected chi connectivity index (χ0v) is 34.1. The summed E-state index contributed by atoms with van der Waals surface area (Å²) in [6.07, 6.45) is 0. The molecular weight excluding hydrogens is 767 g/mol. The quantitative estimate of drug-likeness (QED) is 0.119. The molecule has 2 aromatic heterocycles. The summed E-state index contributed by atoms with van der Waals surface area (Å²) in [5.41, 5.74) is 11.3. The number of rotatable bonds is 7. The van der Waals surface area contributed by atoms with E-state index >= 15 is 0 Å². The Morgan fingerprint density at radius 3 is 1.51 bits per heavy atom. The number of fused-ring (bicyclic) bond motifs is 5. The maximum absolute atomic E-state index is 6.39. The number of hydrogen-bond acceptors (Lipinski definition) is 4. The molecule has 12 rings (SSSR count). The molecule has 2 heterocycles. The van der Waals surface area contributed by atoms with Crippen LogP contribution in [0.1, 0.15) is 0 Å². The number of nitrogens with zero attached hydrogens (tertiary/aromatic N) is 3. The predicted molar refractivity (Wildman–Crippen MR) is 260 cm³/mol. The van der Waals surface area contributed by atoms with Gasteiger partial charge in [-0.25, -0.2) is 15.0 Å². The van der Waals surface area contributed by atoms with E-state index in [1.54, 1.807) is 0 Å².